The van der Waals surface area contributed by atoms with Gasteiger partial charge in [-0.05, 0) is 35.4 Å². The average Bonchev–Trinajstić information content (AvgIpc) is 3.05. The first kappa shape index (κ1) is 19.2. The van der Waals surface area contributed by atoms with Crippen molar-refractivity contribution in [1.82, 2.24) is 14.9 Å². The minimum Gasteiger partial charge on any atom is -0.481 e. The number of fused-ring (bicyclic) bond motifs is 1. The third kappa shape index (κ3) is 4.14. The molecule has 142 valence electrons. The fraction of sp³-hybridized carbons (Fsp3) is 0.158. The molecule has 1 aliphatic rings. The van der Waals surface area contributed by atoms with E-state index in [1.165, 1.54) is 11.8 Å². The molecule has 28 heavy (non-hydrogen) atoms. The molecule has 0 spiro atoms. The lowest BCUT2D eigenvalue weighted by Gasteiger charge is -2.22. The normalized spacial score (nSPS) is 15.8. The van der Waals surface area contributed by atoms with Crippen LogP contribution in [0, 0.1) is 0 Å². The monoisotopic (exact) mass is 476 g/mol. The molecule has 0 saturated heterocycles. The molecule has 4 rings (SSSR count). The van der Waals surface area contributed by atoms with Crippen LogP contribution in [0.5, 0.6) is 0 Å². The molecule has 2 heterocycles. The molecule has 1 unspecified atom stereocenters. The Labute approximate surface area is 178 Å². The number of thioether (sulfide) groups is 1. The number of rotatable bonds is 5. The second kappa shape index (κ2) is 8.06. The van der Waals surface area contributed by atoms with E-state index in [0.29, 0.717) is 28.1 Å². The summed E-state index contributed by atoms with van der Waals surface area (Å²) in [5.41, 5.74) is 2.59. The van der Waals surface area contributed by atoms with Gasteiger partial charge in [0.25, 0.3) is 0 Å². The maximum atomic E-state index is 11.3. The van der Waals surface area contributed by atoms with E-state index in [4.69, 9.17) is 16.7 Å². The van der Waals surface area contributed by atoms with E-state index in [2.05, 4.69) is 26.1 Å². The van der Waals surface area contributed by atoms with Crippen LogP contribution in [0.15, 0.2) is 63.3 Å². The van der Waals surface area contributed by atoms with Gasteiger partial charge in [-0.15, -0.1) is 10.2 Å². The highest BCUT2D eigenvalue weighted by Crippen LogP contribution is 2.33. The summed E-state index contributed by atoms with van der Waals surface area (Å²) < 4.78 is 2.71. The van der Waals surface area contributed by atoms with Crippen LogP contribution in [0.2, 0.25) is 5.02 Å². The van der Waals surface area contributed by atoms with Crippen LogP contribution >= 0.6 is 39.3 Å². The van der Waals surface area contributed by atoms with Crippen molar-refractivity contribution in [3.8, 4) is 0 Å². The Morgan fingerprint density at radius 3 is 2.54 bits per heavy atom. The van der Waals surface area contributed by atoms with Crippen LogP contribution in [-0.2, 0) is 11.2 Å². The molecule has 0 aliphatic carbocycles. The van der Waals surface area contributed by atoms with Gasteiger partial charge in [-0.1, -0.05) is 63.6 Å². The molecule has 0 saturated carbocycles. The van der Waals surface area contributed by atoms with Gasteiger partial charge in [0.2, 0.25) is 5.16 Å². The minimum absolute atomic E-state index is 0.0545. The zero-order valence-electron chi connectivity index (χ0n) is 14.4. The molecule has 0 radical (unpaired) electrons. The maximum Gasteiger partial charge on any atom is 0.304 e. The van der Waals surface area contributed by atoms with Crippen LogP contribution in [0.4, 0.5) is 0 Å². The van der Waals surface area contributed by atoms with Gasteiger partial charge in [0.05, 0.1) is 17.4 Å². The first-order valence-electron chi connectivity index (χ1n) is 8.41. The third-order valence-corrected chi connectivity index (χ3v) is 6.13. The summed E-state index contributed by atoms with van der Waals surface area (Å²) in [5.74, 6) is -0.188. The van der Waals surface area contributed by atoms with E-state index in [1.807, 2.05) is 36.4 Å². The number of benzene rings is 2. The van der Waals surface area contributed by atoms with Gasteiger partial charge < -0.3 is 5.11 Å². The summed E-state index contributed by atoms with van der Waals surface area (Å²) in [7, 11) is 0. The quantitative estimate of drug-likeness (QED) is 0.586. The number of carboxylic acid groups (broad SMARTS) is 1. The van der Waals surface area contributed by atoms with E-state index in [0.717, 1.165) is 15.6 Å². The highest BCUT2D eigenvalue weighted by atomic mass is 79.9. The summed E-state index contributed by atoms with van der Waals surface area (Å²) >= 11 is 10.8. The van der Waals surface area contributed by atoms with Gasteiger partial charge in [-0.25, -0.2) is 0 Å². The molecule has 0 bridgehead atoms. The van der Waals surface area contributed by atoms with Gasteiger partial charge in [-0.2, -0.15) is 9.78 Å². The summed E-state index contributed by atoms with van der Waals surface area (Å²) in [5, 5.41) is 23.4. The molecular weight excluding hydrogens is 464 g/mol. The molecule has 2 aromatic carbocycles. The van der Waals surface area contributed by atoms with Crippen molar-refractivity contribution in [2.24, 2.45) is 5.10 Å². The Balaban J connectivity index is 1.72. The van der Waals surface area contributed by atoms with Crippen LogP contribution in [0.1, 0.15) is 23.4 Å². The first-order chi connectivity index (χ1) is 13.5. The van der Waals surface area contributed by atoms with Gasteiger partial charge in [0.15, 0.2) is 5.82 Å². The number of carboxylic acids is 1. The van der Waals surface area contributed by atoms with Crippen molar-refractivity contribution in [1.29, 1.82) is 0 Å². The number of hydrogen-bond acceptors (Lipinski definition) is 5. The zero-order valence-corrected chi connectivity index (χ0v) is 17.6. The molecule has 1 atom stereocenters. The highest BCUT2D eigenvalue weighted by Gasteiger charge is 2.30. The first-order valence-corrected chi connectivity index (χ1v) is 10.5. The van der Waals surface area contributed by atoms with E-state index in [-0.39, 0.29) is 11.7 Å². The van der Waals surface area contributed by atoms with Gasteiger partial charge in [0, 0.05) is 15.9 Å². The molecule has 6 nitrogen and oxygen atoms in total. The topological polar surface area (TPSA) is 80.4 Å². The largest absolute Gasteiger partial charge is 0.481 e. The fourth-order valence-electron chi connectivity index (χ4n) is 2.88. The maximum absolute atomic E-state index is 11.3. The molecular formula is C19H14BrClN4O2S. The Bertz CT molecular complexity index is 1050. The molecule has 1 N–H and O–H groups in total. The minimum atomic E-state index is -0.887. The lowest BCUT2D eigenvalue weighted by Crippen LogP contribution is -2.27. The van der Waals surface area contributed by atoms with Crippen LogP contribution in [0.25, 0.3) is 0 Å². The molecule has 3 aromatic rings. The fourth-order valence-corrected chi connectivity index (χ4v) is 4.38. The Morgan fingerprint density at radius 1 is 1.14 bits per heavy atom. The van der Waals surface area contributed by atoms with E-state index < -0.39 is 5.97 Å². The second-order valence-electron chi connectivity index (χ2n) is 6.21. The van der Waals surface area contributed by atoms with Crippen LogP contribution in [0.3, 0.4) is 0 Å². The summed E-state index contributed by atoms with van der Waals surface area (Å²) in [6, 6.07) is 15.2. The Morgan fingerprint density at radius 2 is 1.86 bits per heavy atom. The smallest absolute Gasteiger partial charge is 0.304 e. The number of aromatic nitrogens is 3. The standard InChI is InChI=1S/C19H14BrClN4O2S/c20-13-5-1-11(2-6-13)9-16-22-23-19-25(16)24-18(15(28-19)10-17(26)27)12-3-7-14(21)8-4-12/h1-8,15H,9-10H2,(H,26,27). The molecule has 9 heteroatoms. The third-order valence-electron chi connectivity index (χ3n) is 4.21. The van der Waals surface area contributed by atoms with Crippen LogP contribution in [-0.4, -0.2) is 36.9 Å². The zero-order chi connectivity index (χ0) is 19.7. The lowest BCUT2D eigenvalue weighted by atomic mass is 10.1. The molecule has 0 amide bonds. The number of halogens is 2. The summed E-state index contributed by atoms with van der Waals surface area (Å²) in [4.78, 5) is 11.3. The number of aliphatic carboxylic acids is 1. The average molecular weight is 478 g/mol. The van der Waals surface area contributed by atoms with Crippen molar-refractivity contribution in [2.45, 2.75) is 23.2 Å². The summed E-state index contributed by atoms with van der Waals surface area (Å²) in [6.45, 7) is 0. The van der Waals surface area contributed by atoms with Crippen molar-refractivity contribution in [3.63, 3.8) is 0 Å². The van der Waals surface area contributed by atoms with Gasteiger partial charge in [0.1, 0.15) is 0 Å². The second-order valence-corrected chi connectivity index (χ2v) is 8.73. The van der Waals surface area contributed by atoms with Crippen molar-refractivity contribution in [2.75, 3.05) is 0 Å². The van der Waals surface area contributed by atoms with Gasteiger partial charge in [-0.3, -0.25) is 4.79 Å². The molecule has 1 aromatic heterocycles. The predicted molar refractivity (Wildman–Crippen MR) is 112 cm³/mol. The molecule has 1 aliphatic heterocycles. The van der Waals surface area contributed by atoms with E-state index in [9.17, 15) is 9.90 Å². The van der Waals surface area contributed by atoms with Gasteiger partial charge >= 0.3 is 5.97 Å². The lowest BCUT2D eigenvalue weighted by molar-refractivity contribution is -0.136. The van der Waals surface area contributed by atoms with Crippen molar-refractivity contribution >= 4 is 51.0 Å². The van der Waals surface area contributed by atoms with E-state index in [1.54, 1.807) is 16.8 Å². The SMILES string of the molecule is O=C(O)CC1Sc2nnc(Cc3ccc(Br)cc3)n2N=C1c1ccc(Cl)cc1. The Kier molecular flexibility index (Phi) is 5.52. The van der Waals surface area contributed by atoms with Crippen molar-refractivity contribution in [3.05, 3.63) is 75.0 Å². The predicted octanol–water partition coefficient (Wildman–Crippen LogP) is 4.49. The summed E-state index contributed by atoms with van der Waals surface area (Å²) in [6.07, 6.45) is 0.517. The van der Waals surface area contributed by atoms with E-state index >= 15 is 0 Å². The van der Waals surface area contributed by atoms with Crippen LogP contribution < -0.4 is 0 Å². The molecule has 0 fully saturated rings. The number of hydrogen-bond donors (Lipinski definition) is 1. The Hall–Kier alpha value is -2.16. The highest BCUT2D eigenvalue weighted by molar-refractivity contribution is 9.10. The van der Waals surface area contributed by atoms with Crippen molar-refractivity contribution < 1.29 is 9.90 Å². The number of carbonyl (C=O) groups is 1. The number of nitrogens with zero attached hydrogens (tertiary/aromatic N) is 4.